The van der Waals surface area contributed by atoms with Gasteiger partial charge >= 0.3 is 0 Å². The zero-order valence-corrected chi connectivity index (χ0v) is 14.5. The molecule has 4 nitrogen and oxygen atoms in total. The van der Waals surface area contributed by atoms with Crippen molar-refractivity contribution in [1.29, 1.82) is 0 Å². The first-order valence-electron chi connectivity index (χ1n) is 7.13. The first kappa shape index (κ1) is 16.6. The number of allylic oxidation sites excluding steroid dienone is 2. The number of Topliss-reactive ketones (excluding diaryl/α,β-unsaturated/α-hetero) is 2. The summed E-state index contributed by atoms with van der Waals surface area (Å²) in [4.78, 5) is 25.0. The van der Waals surface area contributed by atoms with Crippen LogP contribution in [0.2, 0.25) is 5.02 Å². The van der Waals surface area contributed by atoms with E-state index in [4.69, 9.17) is 27.9 Å². The fraction of sp³-hybridized carbons (Fsp3) is 0.111. The van der Waals surface area contributed by atoms with Crippen molar-refractivity contribution in [2.45, 2.75) is 6.92 Å². The number of carbonyl (C=O) groups is 2. The van der Waals surface area contributed by atoms with Gasteiger partial charge in [0.15, 0.2) is 0 Å². The summed E-state index contributed by atoms with van der Waals surface area (Å²) in [6.45, 7) is 1.83. The lowest BCUT2D eigenvalue weighted by Crippen LogP contribution is -2.24. The van der Waals surface area contributed by atoms with E-state index < -0.39 is 0 Å². The Balaban J connectivity index is 2.03. The van der Waals surface area contributed by atoms with E-state index in [-0.39, 0.29) is 22.3 Å². The van der Waals surface area contributed by atoms with E-state index >= 15 is 0 Å². The lowest BCUT2D eigenvalue weighted by atomic mass is 9.92. The molecule has 3 rings (SSSR count). The Morgan fingerprint density at radius 1 is 1.00 bits per heavy atom. The number of nitrogens with one attached hydrogen (secondary N) is 1. The third-order valence-electron chi connectivity index (χ3n) is 3.76. The fourth-order valence-electron chi connectivity index (χ4n) is 2.66. The fourth-order valence-corrected chi connectivity index (χ4v) is 3.24. The highest BCUT2D eigenvalue weighted by Gasteiger charge is 2.31. The van der Waals surface area contributed by atoms with Crippen molar-refractivity contribution in [3.8, 4) is 5.75 Å². The van der Waals surface area contributed by atoms with Gasteiger partial charge in [-0.2, -0.15) is 0 Å². The van der Waals surface area contributed by atoms with E-state index in [1.807, 2.05) is 6.92 Å². The number of carbonyl (C=O) groups excluding carboxylic acids is 2. The molecule has 0 unspecified atom stereocenters. The van der Waals surface area contributed by atoms with Gasteiger partial charge in [0.05, 0.1) is 12.1 Å². The maximum Gasteiger partial charge on any atom is 0.211 e. The van der Waals surface area contributed by atoms with E-state index in [0.717, 1.165) is 5.56 Å². The molecule has 1 N–H and O–H groups in total. The molecule has 0 saturated carbocycles. The molecule has 0 saturated heterocycles. The van der Waals surface area contributed by atoms with Gasteiger partial charge in [-0.05, 0) is 24.6 Å². The zero-order chi connectivity index (χ0) is 17.4. The summed E-state index contributed by atoms with van der Waals surface area (Å²) in [7, 11) is 1.53. The number of hydrogen-bond acceptors (Lipinski definition) is 4. The number of methoxy groups -OCH3 is 1. The van der Waals surface area contributed by atoms with Gasteiger partial charge in [0.25, 0.3) is 0 Å². The number of hydrogen-bond donors (Lipinski definition) is 1. The number of fused-ring (bicyclic) bond motifs is 1. The minimum atomic E-state index is -0.384. The standard InChI is InChI=1S/C18H13Cl2NO3/c1-9-7-10(8-13(19)18(9)24-2)21-15-14(20)16(22)11-5-3-4-6-12(11)17(15)23/h3-8,21H,1-2H3. The summed E-state index contributed by atoms with van der Waals surface area (Å²) < 4.78 is 5.21. The Morgan fingerprint density at radius 3 is 2.21 bits per heavy atom. The van der Waals surface area contributed by atoms with Crippen LogP contribution in [-0.4, -0.2) is 18.7 Å². The molecule has 1 aliphatic rings. The van der Waals surface area contributed by atoms with Gasteiger partial charge in [-0.15, -0.1) is 0 Å². The van der Waals surface area contributed by atoms with Crippen molar-refractivity contribution in [3.05, 3.63) is 68.8 Å². The normalized spacial score (nSPS) is 13.8. The minimum absolute atomic E-state index is 0.0426. The average molecular weight is 362 g/mol. The molecule has 0 aliphatic heterocycles. The number of rotatable bonds is 3. The van der Waals surface area contributed by atoms with Crippen molar-refractivity contribution in [3.63, 3.8) is 0 Å². The highest BCUT2D eigenvalue weighted by atomic mass is 35.5. The zero-order valence-electron chi connectivity index (χ0n) is 12.9. The van der Waals surface area contributed by atoms with Gasteiger partial charge in [-0.1, -0.05) is 47.5 Å². The van der Waals surface area contributed by atoms with E-state index in [2.05, 4.69) is 5.32 Å². The van der Waals surface area contributed by atoms with E-state index in [0.29, 0.717) is 27.6 Å². The molecule has 2 aromatic carbocycles. The second-order valence-electron chi connectivity index (χ2n) is 5.33. The molecule has 2 aromatic rings. The average Bonchev–Trinajstić information content (AvgIpc) is 2.56. The van der Waals surface area contributed by atoms with Crippen molar-refractivity contribution in [2.75, 3.05) is 12.4 Å². The lowest BCUT2D eigenvalue weighted by Gasteiger charge is -2.19. The van der Waals surface area contributed by atoms with Crippen molar-refractivity contribution >= 4 is 40.5 Å². The van der Waals surface area contributed by atoms with Gasteiger partial charge in [-0.3, -0.25) is 9.59 Å². The number of ketones is 2. The summed E-state index contributed by atoms with van der Waals surface area (Å²) in [6, 6.07) is 9.97. The van der Waals surface area contributed by atoms with E-state index in [1.54, 1.807) is 36.4 Å². The van der Waals surface area contributed by atoms with Crippen molar-refractivity contribution < 1.29 is 14.3 Å². The second kappa shape index (κ2) is 6.30. The summed E-state index contributed by atoms with van der Waals surface area (Å²) in [6.07, 6.45) is 0. The maximum absolute atomic E-state index is 12.7. The van der Waals surface area contributed by atoms with Crippen LogP contribution >= 0.6 is 23.2 Å². The van der Waals surface area contributed by atoms with Crippen LogP contribution in [0.4, 0.5) is 5.69 Å². The summed E-state index contributed by atoms with van der Waals surface area (Å²) in [5.74, 6) is -0.163. The van der Waals surface area contributed by atoms with Crippen LogP contribution in [0.5, 0.6) is 5.75 Å². The molecule has 0 bridgehead atoms. The quantitative estimate of drug-likeness (QED) is 0.867. The SMILES string of the molecule is COc1c(C)cc(NC2=C(Cl)C(=O)c3ccccc3C2=O)cc1Cl. The molecule has 0 atom stereocenters. The van der Waals surface area contributed by atoms with Gasteiger partial charge in [0.1, 0.15) is 16.5 Å². The Kier molecular flexibility index (Phi) is 4.35. The molecule has 0 fully saturated rings. The Morgan fingerprint density at radius 2 is 1.62 bits per heavy atom. The molecule has 0 amide bonds. The Hall–Kier alpha value is -2.30. The van der Waals surface area contributed by atoms with Crippen LogP contribution in [-0.2, 0) is 0 Å². The summed E-state index contributed by atoms with van der Waals surface area (Å²) in [5, 5.41) is 3.18. The smallest absolute Gasteiger partial charge is 0.211 e. The predicted octanol–water partition coefficient (Wildman–Crippen LogP) is 4.60. The highest BCUT2D eigenvalue weighted by molar-refractivity contribution is 6.50. The largest absolute Gasteiger partial charge is 0.495 e. The number of aryl methyl sites for hydroxylation is 1. The predicted molar refractivity (Wildman–Crippen MR) is 94.3 cm³/mol. The molecule has 0 spiro atoms. The number of benzene rings is 2. The molecule has 0 heterocycles. The molecular weight excluding hydrogens is 349 g/mol. The monoisotopic (exact) mass is 361 g/mol. The number of ether oxygens (including phenoxy) is 1. The van der Waals surface area contributed by atoms with Crippen LogP contribution < -0.4 is 10.1 Å². The lowest BCUT2D eigenvalue weighted by molar-refractivity contribution is 0.0982. The molecule has 0 aromatic heterocycles. The topological polar surface area (TPSA) is 55.4 Å². The third kappa shape index (κ3) is 2.68. The van der Waals surface area contributed by atoms with Crippen molar-refractivity contribution in [2.24, 2.45) is 0 Å². The molecule has 6 heteroatoms. The highest BCUT2D eigenvalue weighted by Crippen LogP contribution is 2.34. The van der Waals surface area contributed by atoms with Crippen LogP contribution in [0.25, 0.3) is 0 Å². The molecule has 122 valence electrons. The molecule has 24 heavy (non-hydrogen) atoms. The first-order valence-corrected chi connectivity index (χ1v) is 7.89. The van der Waals surface area contributed by atoms with Crippen LogP contribution in [0.1, 0.15) is 26.3 Å². The third-order valence-corrected chi connectivity index (χ3v) is 4.41. The van der Waals surface area contributed by atoms with Crippen LogP contribution in [0.15, 0.2) is 47.1 Å². The summed E-state index contributed by atoms with van der Waals surface area (Å²) in [5.41, 5.74) is 2.01. The van der Waals surface area contributed by atoms with Crippen molar-refractivity contribution in [1.82, 2.24) is 0 Å². The minimum Gasteiger partial charge on any atom is -0.495 e. The Bertz CT molecular complexity index is 880. The Labute approximate surface area is 149 Å². The van der Waals surface area contributed by atoms with Crippen LogP contribution in [0, 0.1) is 6.92 Å². The van der Waals surface area contributed by atoms with Crippen LogP contribution in [0.3, 0.4) is 0 Å². The summed E-state index contributed by atoms with van der Waals surface area (Å²) >= 11 is 12.3. The molecule has 0 radical (unpaired) electrons. The van der Waals surface area contributed by atoms with Gasteiger partial charge in [-0.25, -0.2) is 0 Å². The van der Waals surface area contributed by atoms with Gasteiger partial charge < -0.3 is 10.1 Å². The van der Waals surface area contributed by atoms with E-state index in [9.17, 15) is 9.59 Å². The maximum atomic E-state index is 12.7. The number of anilines is 1. The first-order chi connectivity index (χ1) is 11.4. The molecule has 1 aliphatic carbocycles. The number of halogens is 2. The van der Waals surface area contributed by atoms with E-state index in [1.165, 1.54) is 7.11 Å². The second-order valence-corrected chi connectivity index (χ2v) is 6.11. The molecular formula is C18H13Cl2NO3. The van der Waals surface area contributed by atoms with Gasteiger partial charge in [0, 0.05) is 16.8 Å². The van der Waals surface area contributed by atoms with Gasteiger partial charge in [0.2, 0.25) is 11.6 Å².